The number of rotatable bonds is 8. The van der Waals surface area contributed by atoms with E-state index < -0.39 is 22.6 Å². The minimum absolute atomic E-state index is 0.0647. The van der Waals surface area contributed by atoms with Gasteiger partial charge in [-0.25, -0.2) is 17.9 Å². The zero-order chi connectivity index (χ0) is 21.2. The van der Waals surface area contributed by atoms with Gasteiger partial charge in [0, 0.05) is 11.6 Å². The number of benzene rings is 2. The lowest BCUT2D eigenvalue weighted by molar-refractivity contribution is 0.0474. The lowest BCUT2D eigenvalue weighted by Crippen LogP contribution is -2.26. The fourth-order valence-corrected chi connectivity index (χ4v) is 4.75. The van der Waals surface area contributed by atoms with Gasteiger partial charge in [0.1, 0.15) is 4.90 Å². The number of sulfonamides is 1. The Bertz CT molecular complexity index is 1050. The predicted octanol–water partition coefficient (Wildman–Crippen LogP) is 4.04. The van der Waals surface area contributed by atoms with E-state index in [-0.39, 0.29) is 32.3 Å². The van der Waals surface area contributed by atoms with E-state index in [4.69, 9.17) is 27.9 Å². The molecular weight excluding hydrogens is 437 g/mol. The van der Waals surface area contributed by atoms with Crippen LogP contribution in [0.15, 0.2) is 41.3 Å². The third kappa shape index (κ3) is 5.36. The number of carbonyl (C=O) groups excluding carboxylic acids is 2. The second-order valence-electron chi connectivity index (χ2n) is 6.71. The topological polar surface area (TPSA) is 89.5 Å². The summed E-state index contributed by atoms with van der Waals surface area (Å²) in [6.07, 6.45) is 2.35. The third-order valence-electron chi connectivity index (χ3n) is 4.45. The number of esters is 1. The smallest absolute Gasteiger partial charge is 0.340 e. The number of hydrogen-bond acceptors (Lipinski definition) is 5. The lowest BCUT2D eigenvalue weighted by atomic mass is 10.1. The van der Waals surface area contributed by atoms with Crippen LogP contribution in [0.5, 0.6) is 0 Å². The number of carbonyl (C=O) groups is 2. The van der Waals surface area contributed by atoms with Gasteiger partial charge in [-0.3, -0.25) is 4.79 Å². The highest BCUT2D eigenvalue weighted by atomic mass is 35.5. The maximum Gasteiger partial charge on any atom is 0.340 e. The van der Waals surface area contributed by atoms with Crippen LogP contribution in [0.4, 0.5) is 0 Å². The summed E-state index contributed by atoms with van der Waals surface area (Å²) in [4.78, 5) is 24.4. The molecule has 1 fully saturated rings. The van der Waals surface area contributed by atoms with Crippen molar-refractivity contribution in [3.63, 3.8) is 0 Å². The normalized spacial score (nSPS) is 13.9. The second kappa shape index (κ2) is 8.83. The van der Waals surface area contributed by atoms with Crippen LogP contribution in [-0.2, 0) is 21.2 Å². The Balaban J connectivity index is 1.74. The fraction of sp³-hybridized carbons (Fsp3) is 0.300. The van der Waals surface area contributed by atoms with Crippen LogP contribution in [0.1, 0.15) is 46.0 Å². The molecule has 0 amide bonds. The van der Waals surface area contributed by atoms with Crippen LogP contribution in [0.3, 0.4) is 0 Å². The largest absolute Gasteiger partial charge is 0.454 e. The van der Waals surface area contributed by atoms with Crippen molar-refractivity contribution in [2.75, 3.05) is 6.61 Å². The minimum atomic E-state index is -3.90. The van der Waals surface area contributed by atoms with Crippen molar-refractivity contribution in [2.45, 2.75) is 37.1 Å². The van der Waals surface area contributed by atoms with Crippen molar-refractivity contribution in [1.82, 2.24) is 4.72 Å². The molecule has 1 saturated carbocycles. The van der Waals surface area contributed by atoms with Gasteiger partial charge in [-0.15, -0.1) is 0 Å². The van der Waals surface area contributed by atoms with Crippen molar-refractivity contribution in [3.8, 4) is 0 Å². The van der Waals surface area contributed by atoms with E-state index in [1.807, 2.05) is 19.1 Å². The first-order chi connectivity index (χ1) is 13.7. The predicted molar refractivity (Wildman–Crippen MR) is 110 cm³/mol. The highest BCUT2D eigenvalue weighted by Gasteiger charge is 2.30. The molecule has 0 bridgehead atoms. The van der Waals surface area contributed by atoms with Crippen molar-refractivity contribution in [1.29, 1.82) is 0 Å². The van der Waals surface area contributed by atoms with Gasteiger partial charge in [0.25, 0.3) is 0 Å². The minimum Gasteiger partial charge on any atom is -0.454 e. The molecule has 2 aromatic rings. The highest BCUT2D eigenvalue weighted by molar-refractivity contribution is 7.89. The van der Waals surface area contributed by atoms with Crippen LogP contribution in [0, 0.1) is 0 Å². The van der Waals surface area contributed by atoms with E-state index in [9.17, 15) is 18.0 Å². The van der Waals surface area contributed by atoms with E-state index in [1.54, 1.807) is 12.1 Å². The second-order valence-corrected chi connectivity index (χ2v) is 9.20. The van der Waals surface area contributed by atoms with Crippen molar-refractivity contribution in [3.05, 3.63) is 63.1 Å². The molecule has 0 radical (unpaired) electrons. The van der Waals surface area contributed by atoms with Gasteiger partial charge in [0.2, 0.25) is 10.0 Å². The quantitative estimate of drug-likeness (QED) is 0.479. The number of Topliss-reactive ketones (excluding diaryl/α,β-unsaturated/α-hetero) is 1. The Hall–Kier alpha value is -1.93. The highest BCUT2D eigenvalue weighted by Crippen LogP contribution is 2.31. The van der Waals surface area contributed by atoms with Crippen molar-refractivity contribution < 1.29 is 22.7 Å². The molecule has 1 aliphatic carbocycles. The van der Waals surface area contributed by atoms with Gasteiger partial charge < -0.3 is 4.74 Å². The first kappa shape index (κ1) is 21.8. The van der Waals surface area contributed by atoms with E-state index in [2.05, 4.69) is 4.72 Å². The van der Waals surface area contributed by atoms with Crippen LogP contribution < -0.4 is 4.72 Å². The number of ether oxygens (including phenoxy) is 1. The molecule has 9 heteroatoms. The summed E-state index contributed by atoms with van der Waals surface area (Å²) in [6.45, 7) is 1.51. The van der Waals surface area contributed by atoms with E-state index >= 15 is 0 Å². The Morgan fingerprint density at radius 1 is 1.10 bits per heavy atom. The molecule has 0 unspecified atom stereocenters. The fourth-order valence-electron chi connectivity index (χ4n) is 2.59. The first-order valence-electron chi connectivity index (χ1n) is 9.02. The average Bonchev–Trinajstić information content (AvgIpc) is 3.49. The van der Waals surface area contributed by atoms with E-state index in [0.29, 0.717) is 5.56 Å². The summed E-state index contributed by atoms with van der Waals surface area (Å²) in [6, 6.07) is 9.10. The molecule has 0 saturated heterocycles. The van der Waals surface area contributed by atoms with Gasteiger partial charge in [-0.05, 0) is 37.0 Å². The van der Waals surface area contributed by atoms with Gasteiger partial charge in [-0.2, -0.15) is 0 Å². The van der Waals surface area contributed by atoms with Crippen LogP contribution in [-0.4, -0.2) is 32.8 Å². The Labute approximate surface area is 179 Å². The molecule has 0 aromatic heterocycles. The standard InChI is InChI=1S/C20H19Cl2NO5S/c1-2-12-3-5-13(6-4-12)18(24)11-28-20(25)15-9-19(17(22)10-16(15)21)29(26,27)23-14-7-8-14/h3-6,9-10,14,23H,2,7-8,11H2,1H3. The summed E-state index contributed by atoms with van der Waals surface area (Å²) in [7, 11) is -3.90. The monoisotopic (exact) mass is 455 g/mol. The number of ketones is 1. The van der Waals surface area contributed by atoms with Crippen molar-refractivity contribution in [2.24, 2.45) is 0 Å². The summed E-state index contributed by atoms with van der Waals surface area (Å²) in [5.41, 5.74) is 1.32. The Kier molecular flexibility index (Phi) is 6.63. The number of hydrogen-bond donors (Lipinski definition) is 1. The molecule has 154 valence electrons. The van der Waals surface area contributed by atoms with Crippen LogP contribution in [0.2, 0.25) is 10.0 Å². The molecule has 3 rings (SSSR count). The molecule has 1 aliphatic rings. The first-order valence-corrected chi connectivity index (χ1v) is 11.3. The molecule has 0 aliphatic heterocycles. The summed E-state index contributed by atoms with van der Waals surface area (Å²) in [5, 5.41) is -0.170. The molecule has 0 atom stereocenters. The zero-order valence-electron chi connectivity index (χ0n) is 15.6. The summed E-state index contributed by atoms with van der Waals surface area (Å²) >= 11 is 12.1. The molecule has 1 N–H and O–H groups in total. The molecule has 0 spiro atoms. The molecular formula is C20H19Cl2NO5S. The van der Waals surface area contributed by atoms with Crippen molar-refractivity contribution >= 4 is 45.0 Å². The zero-order valence-corrected chi connectivity index (χ0v) is 17.9. The number of halogens is 2. The molecule has 0 heterocycles. The average molecular weight is 456 g/mol. The Morgan fingerprint density at radius 2 is 1.76 bits per heavy atom. The molecule has 6 nitrogen and oxygen atoms in total. The van der Waals surface area contributed by atoms with E-state index in [1.165, 1.54) is 6.07 Å². The maximum absolute atomic E-state index is 12.4. The molecule has 2 aromatic carbocycles. The maximum atomic E-state index is 12.4. The summed E-state index contributed by atoms with van der Waals surface area (Å²) in [5.74, 6) is -1.29. The number of nitrogens with one attached hydrogen (secondary N) is 1. The lowest BCUT2D eigenvalue weighted by Gasteiger charge is -2.11. The number of aryl methyl sites for hydroxylation is 1. The summed E-state index contributed by atoms with van der Waals surface area (Å²) < 4.78 is 32.4. The van der Waals surface area contributed by atoms with Crippen LogP contribution >= 0.6 is 23.2 Å². The van der Waals surface area contributed by atoms with Crippen LogP contribution in [0.25, 0.3) is 0 Å². The Morgan fingerprint density at radius 3 is 2.34 bits per heavy atom. The van der Waals surface area contributed by atoms with Gasteiger partial charge in [0.15, 0.2) is 12.4 Å². The van der Waals surface area contributed by atoms with Gasteiger partial charge in [0.05, 0.1) is 15.6 Å². The SMILES string of the molecule is CCc1ccc(C(=O)COC(=O)c2cc(S(=O)(=O)NC3CC3)c(Cl)cc2Cl)cc1. The van der Waals surface area contributed by atoms with E-state index in [0.717, 1.165) is 30.9 Å². The molecule has 29 heavy (non-hydrogen) atoms. The third-order valence-corrected chi connectivity index (χ3v) is 6.75. The van der Waals surface area contributed by atoms with Gasteiger partial charge in [-0.1, -0.05) is 54.4 Å². The van der Waals surface area contributed by atoms with Gasteiger partial charge >= 0.3 is 5.97 Å².